The Balaban J connectivity index is 1.63. The van der Waals surface area contributed by atoms with Crippen LogP contribution < -0.4 is 15.9 Å². The van der Waals surface area contributed by atoms with Gasteiger partial charge in [-0.2, -0.15) is 0 Å². The summed E-state index contributed by atoms with van der Waals surface area (Å²) in [5.41, 5.74) is 2.85. The first-order chi connectivity index (χ1) is 16.8. The molecule has 2 heteroatoms. The highest BCUT2D eigenvalue weighted by atomic mass is 31.1. The summed E-state index contributed by atoms with van der Waals surface area (Å²) in [4.78, 5) is 0. The third-order valence-corrected chi connectivity index (χ3v) is 11.0. The van der Waals surface area contributed by atoms with E-state index >= 15 is 0 Å². The molecule has 34 heavy (non-hydrogen) atoms. The lowest BCUT2D eigenvalue weighted by Crippen LogP contribution is -2.13. The van der Waals surface area contributed by atoms with Crippen molar-refractivity contribution in [2.45, 2.75) is 26.2 Å². The zero-order valence-corrected chi connectivity index (χ0v) is 21.8. The predicted octanol–water partition coefficient (Wildman–Crippen LogP) is 8.11. The SMILES string of the molecule is CC=CC(=CC)P(Cc1cccc(CP(c2ccccc2)c2ccccc2)c1)c1ccccc1. The average molecular weight is 479 g/mol. The fourth-order valence-corrected chi connectivity index (χ4v) is 8.88. The minimum Gasteiger partial charge on any atom is -0.0870 e. The second kappa shape index (κ2) is 12.6. The average Bonchev–Trinajstić information content (AvgIpc) is 2.91. The van der Waals surface area contributed by atoms with Crippen LogP contribution in [0.3, 0.4) is 0 Å². The molecule has 0 fully saturated rings. The van der Waals surface area contributed by atoms with Gasteiger partial charge in [-0.3, -0.25) is 0 Å². The second-order valence-corrected chi connectivity index (χ2v) is 12.6. The first-order valence-electron chi connectivity index (χ1n) is 11.9. The molecule has 0 nitrogen and oxygen atoms in total. The van der Waals surface area contributed by atoms with Gasteiger partial charge in [-0.05, 0) is 62.0 Å². The molecule has 0 aromatic heterocycles. The van der Waals surface area contributed by atoms with Crippen LogP contribution in [0.4, 0.5) is 0 Å². The monoisotopic (exact) mass is 478 g/mol. The summed E-state index contributed by atoms with van der Waals surface area (Å²) in [7, 11) is -0.884. The molecule has 0 aliphatic rings. The zero-order valence-electron chi connectivity index (χ0n) is 20.0. The summed E-state index contributed by atoms with van der Waals surface area (Å²) in [5.74, 6) is 0. The van der Waals surface area contributed by atoms with Crippen LogP contribution in [0, 0.1) is 0 Å². The summed E-state index contributed by atoms with van der Waals surface area (Å²) >= 11 is 0. The molecule has 4 rings (SSSR count). The van der Waals surface area contributed by atoms with Crippen molar-refractivity contribution in [3.05, 3.63) is 150 Å². The number of rotatable bonds is 9. The Bertz CT molecular complexity index is 1170. The highest BCUT2D eigenvalue weighted by molar-refractivity contribution is 7.72. The van der Waals surface area contributed by atoms with Crippen LogP contribution in [0.25, 0.3) is 0 Å². The van der Waals surface area contributed by atoms with Gasteiger partial charge < -0.3 is 0 Å². The molecule has 0 aliphatic heterocycles. The van der Waals surface area contributed by atoms with E-state index in [1.807, 2.05) is 0 Å². The Morgan fingerprint density at radius 1 is 0.588 bits per heavy atom. The van der Waals surface area contributed by atoms with Gasteiger partial charge in [-0.1, -0.05) is 133 Å². The Labute approximate surface area is 207 Å². The lowest BCUT2D eigenvalue weighted by Gasteiger charge is -2.22. The number of allylic oxidation sites excluding steroid dienone is 4. The van der Waals surface area contributed by atoms with Crippen molar-refractivity contribution in [2.24, 2.45) is 0 Å². The Kier molecular flexibility index (Phi) is 9.04. The maximum Gasteiger partial charge on any atom is 0.000753 e. The van der Waals surface area contributed by atoms with Crippen LogP contribution in [0.5, 0.6) is 0 Å². The highest BCUT2D eigenvalue weighted by Gasteiger charge is 2.17. The Morgan fingerprint density at radius 2 is 1.09 bits per heavy atom. The molecule has 1 atom stereocenters. The third kappa shape index (κ3) is 6.42. The number of hydrogen-bond donors (Lipinski definition) is 0. The van der Waals surface area contributed by atoms with Crippen molar-refractivity contribution in [2.75, 3.05) is 0 Å². The van der Waals surface area contributed by atoms with Gasteiger partial charge in [-0.25, -0.2) is 0 Å². The van der Waals surface area contributed by atoms with Crippen LogP contribution in [0.2, 0.25) is 0 Å². The normalized spacial score (nSPS) is 12.9. The van der Waals surface area contributed by atoms with Crippen molar-refractivity contribution >= 4 is 31.8 Å². The molecular formula is C32H32P2. The van der Waals surface area contributed by atoms with Crippen LogP contribution in [0.15, 0.2) is 139 Å². The molecule has 0 saturated heterocycles. The summed E-state index contributed by atoms with van der Waals surface area (Å²) in [6, 6.07) is 42.3. The van der Waals surface area contributed by atoms with Crippen LogP contribution in [-0.4, -0.2) is 0 Å². The maximum atomic E-state index is 2.45. The molecule has 4 aromatic carbocycles. The predicted molar refractivity (Wildman–Crippen MR) is 154 cm³/mol. The summed E-state index contributed by atoms with van der Waals surface area (Å²) < 4.78 is 0. The van der Waals surface area contributed by atoms with Gasteiger partial charge in [0.05, 0.1) is 0 Å². The fraction of sp³-hybridized carbons (Fsp3) is 0.125. The minimum atomic E-state index is -0.442. The molecular weight excluding hydrogens is 446 g/mol. The third-order valence-electron chi connectivity index (χ3n) is 5.82. The van der Waals surface area contributed by atoms with Crippen molar-refractivity contribution in [3.8, 4) is 0 Å². The molecule has 0 amide bonds. The Hall–Kier alpha value is -2.78. The van der Waals surface area contributed by atoms with Gasteiger partial charge in [0, 0.05) is 12.3 Å². The quantitative estimate of drug-likeness (QED) is 0.168. The molecule has 1 unspecified atom stereocenters. The summed E-state index contributed by atoms with van der Waals surface area (Å²) in [5, 5.41) is 5.74. The van der Waals surface area contributed by atoms with Gasteiger partial charge in [-0.15, -0.1) is 0 Å². The van der Waals surface area contributed by atoms with Crippen molar-refractivity contribution in [3.63, 3.8) is 0 Å². The van der Waals surface area contributed by atoms with Gasteiger partial charge in [0.2, 0.25) is 0 Å². The molecule has 0 bridgehead atoms. The first-order valence-corrected chi connectivity index (χ1v) is 14.9. The lowest BCUT2D eigenvalue weighted by molar-refractivity contribution is 1.32. The molecule has 0 aliphatic carbocycles. The van der Waals surface area contributed by atoms with Crippen LogP contribution in [-0.2, 0) is 12.3 Å². The maximum absolute atomic E-state index is 2.45. The van der Waals surface area contributed by atoms with E-state index in [-0.39, 0.29) is 0 Å². The van der Waals surface area contributed by atoms with E-state index in [0.717, 1.165) is 12.3 Å². The first kappa shape index (κ1) is 24.3. The van der Waals surface area contributed by atoms with Gasteiger partial charge in [0.15, 0.2) is 0 Å². The summed E-state index contributed by atoms with van der Waals surface area (Å²) in [6.45, 7) is 4.27. The summed E-state index contributed by atoms with van der Waals surface area (Å²) in [6.07, 6.45) is 8.85. The molecule has 0 spiro atoms. The van der Waals surface area contributed by atoms with E-state index in [1.165, 1.54) is 32.4 Å². The standard InChI is InChI=1S/C32H32P2/c1-3-15-29(4-2)33(30-18-8-5-9-19-30)25-27-16-14-17-28(24-27)26-34(31-20-10-6-11-21-31)32-22-12-7-13-23-32/h3-24H,25-26H2,1-2H3. The van der Waals surface area contributed by atoms with E-state index < -0.39 is 15.8 Å². The largest absolute Gasteiger partial charge is 0.0870 e. The van der Waals surface area contributed by atoms with E-state index in [2.05, 4.69) is 147 Å². The van der Waals surface area contributed by atoms with Gasteiger partial charge in [0.1, 0.15) is 0 Å². The smallest absolute Gasteiger partial charge is 0.000753 e. The number of hydrogen-bond acceptors (Lipinski definition) is 0. The second-order valence-electron chi connectivity index (χ2n) is 8.21. The van der Waals surface area contributed by atoms with Gasteiger partial charge >= 0.3 is 0 Å². The van der Waals surface area contributed by atoms with Crippen LogP contribution in [0.1, 0.15) is 25.0 Å². The van der Waals surface area contributed by atoms with Crippen LogP contribution >= 0.6 is 15.8 Å². The highest BCUT2D eigenvalue weighted by Crippen LogP contribution is 2.48. The Morgan fingerprint density at radius 3 is 1.59 bits per heavy atom. The minimum absolute atomic E-state index is 0.442. The molecule has 0 radical (unpaired) electrons. The molecule has 0 N–H and O–H groups in total. The number of benzene rings is 4. The van der Waals surface area contributed by atoms with E-state index in [9.17, 15) is 0 Å². The van der Waals surface area contributed by atoms with Crippen molar-refractivity contribution < 1.29 is 0 Å². The zero-order chi connectivity index (χ0) is 23.6. The topological polar surface area (TPSA) is 0 Å². The van der Waals surface area contributed by atoms with E-state index in [0.29, 0.717) is 0 Å². The molecule has 0 saturated carbocycles. The fourth-order valence-electron chi connectivity index (χ4n) is 4.19. The molecule has 0 heterocycles. The van der Waals surface area contributed by atoms with Crippen molar-refractivity contribution in [1.29, 1.82) is 0 Å². The lowest BCUT2D eigenvalue weighted by atomic mass is 10.2. The van der Waals surface area contributed by atoms with Crippen molar-refractivity contribution in [1.82, 2.24) is 0 Å². The van der Waals surface area contributed by atoms with E-state index in [4.69, 9.17) is 0 Å². The van der Waals surface area contributed by atoms with Gasteiger partial charge in [0.25, 0.3) is 0 Å². The molecule has 4 aromatic rings. The molecule has 170 valence electrons. The van der Waals surface area contributed by atoms with E-state index in [1.54, 1.807) is 0 Å².